The summed E-state index contributed by atoms with van der Waals surface area (Å²) in [4.78, 5) is 29.1. The maximum Gasteiger partial charge on any atom is 0.272 e. The van der Waals surface area contributed by atoms with Crippen LogP contribution in [0.25, 0.3) is 5.65 Å². The van der Waals surface area contributed by atoms with E-state index < -0.39 is 5.82 Å². The topological polar surface area (TPSA) is 97.7 Å². The Morgan fingerprint density at radius 1 is 1.33 bits per heavy atom. The molecule has 0 atom stereocenters. The number of carbonyl (C=O) groups excluding carboxylic acids is 1. The minimum atomic E-state index is -0.518. The molecule has 3 heterocycles. The van der Waals surface area contributed by atoms with Gasteiger partial charge in [-0.15, -0.1) is 0 Å². The van der Waals surface area contributed by atoms with E-state index in [4.69, 9.17) is 9.47 Å². The number of methoxy groups -OCH3 is 1. The molecule has 3 aromatic rings. The van der Waals surface area contributed by atoms with Crippen LogP contribution in [0.4, 0.5) is 4.39 Å². The molecule has 0 aliphatic carbocycles. The first-order chi connectivity index (χ1) is 14.5. The molecule has 0 spiro atoms. The van der Waals surface area contributed by atoms with Crippen molar-refractivity contribution >= 4 is 11.6 Å². The summed E-state index contributed by atoms with van der Waals surface area (Å²) in [5.41, 5.74) is 2.24. The fourth-order valence-corrected chi connectivity index (χ4v) is 3.62. The highest BCUT2D eigenvalue weighted by atomic mass is 19.1. The van der Waals surface area contributed by atoms with Gasteiger partial charge in [0.15, 0.2) is 17.2 Å². The summed E-state index contributed by atoms with van der Waals surface area (Å²) in [6, 6.07) is 7.66. The first-order valence-corrected chi connectivity index (χ1v) is 9.82. The molecule has 0 saturated carbocycles. The molecule has 1 aliphatic rings. The Hall–Kier alpha value is -3.20. The SMILES string of the molecule is COc1ccc(CC(=O)NCc2cc(=O)n3[nH]c(C4CCOCC4)cc3n2)cc1F. The summed E-state index contributed by atoms with van der Waals surface area (Å²) in [5.74, 6) is -0.370. The maximum atomic E-state index is 13.8. The molecule has 1 aromatic carbocycles. The van der Waals surface area contributed by atoms with E-state index in [9.17, 15) is 14.0 Å². The third kappa shape index (κ3) is 4.35. The number of amides is 1. The smallest absolute Gasteiger partial charge is 0.272 e. The van der Waals surface area contributed by atoms with E-state index in [0.717, 1.165) is 18.5 Å². The molecule has 0 bridgehead atoms. The summed E-state index contributed by atoms with van der Waals surface area (Å²) in [7, 11) is 1.38. The van der Waals surface area contributed by atoms with Gasteiger partial charge in [0.25, 0.3) is 5.56 Å². The predicted molar refractivity (Wildman–Crippen MR) is 107 cm³/mol. The van der Waals surface area contributed by atoms with Gasteiger partial charge in [-0.1, -0.05) is 6.07 Å². The number of halogens is 1. The van der Waals surface area contributed by atoms with Crippen LogP contribution in [-0.2, 0) is 22.5 Å². The molecule has 0 radical (unpaired) electrons. The molecule has 1 amide bonds. The fourth-order valence-electron chi connectivity index (χ4n) is 3.62. The predicted octanol–water partition coefficient (Wildman–Crippen LogP) is 1.92. The third-order valence-corrected chi connectivity index (χ3v) is 5.23. The number of benzene rings is 1. The Balaban J connectivity index is 1.42. The summed E-state index contributed by atoms with van der Waals surface area (Å²) in [5, 5.41) is 5.85. The number of aromatic nitrogens is 3. The molecule has 1 saturated heterocycles. The van der Waals surface area contributed by atoms with Crippen LogP contribution < -0.4 is 15.6 Å². The highest BCUT2D eigenvalue weighted by Gasteiger charge is 2.19. The fraction of sp³-hybridized carbons (Fsp3) is 0.381. The number of hydrogen-bond donors (Lipinski definition) is 2. The minimum Gasteiger partial charge on any atom is -0.494 e. The van der Waals surface area contributed by atoms with E-state index >= 15 is 0 Å². The van der Waals surface area contributed by atoms with Crippen LogP contribution in [0.1, 0.15) is 35.7 Å². The molecular weight excluding hydrogens is 391 g/mol. The molecule has 0 unspecified atom stereocenters. The minimum absolute atomic E-state index is 0.0141. The summed E-state index contributed by atoms with van der Waals surface area (Å²) >= 11 is 0. The number of H-pyrrole nitrogens is 1. The number of ether oxygens (including phenoxy) is 2. The second-order valence-corrected chi connectivity index (χ2v) is 7.30. The highest BCUT2D eigenvalue weighted by Crippen LogP contribution is 2.26. The van der Waals surface area contributed by atoms with Crippen molar-refractivity contribution in [2.75, 3.05) is 20.3 Å². The van der Waals surface area contributed by atoms with Crippen molar-refractivity contribution in [3.63, 3.8) is 0 Å². The van der Waals surface area contributed by atoms with Crippen LogP contribution in [0.3, 0.4) is 0 Å². The Morgan fingerprint density at radius 2 is 2.13 bits per heavy atom. The zero-order valence-corrected chi connectivity index (χ0v) is 16.6. The van der Waals surface area contributed by atoms with Crippen LogP contribution in [0, 0.1) is 5.82 Å². The quantitative estimate of drug-likeness (QED) is 0.642. The standard InChI is InChI=1S/C21H23FN4O4/c1-29-18-3-2-13(8-16(18)22)9-20(27)23-12-15-10-21(28)26-19(24-15)11-17(25-26)14-4-6-30-7-5-14/h2-3,8,10-11,14,25H,4-7,9,12H2,1H3,(H,23,27). The van der Waals surface area contributed by atoms with Gasteiger partial charge in [-0.05, 0) is 30.5 Å². The van der Waals surface area contributed by atoms with Gasteiger partial charge in [0.1, 0.15) is 0 Å². The third-order valence-electron chi connectivity index (χ3n) is 5.23. The number of nitrogens with one attached hydrogen (secondary N) is 2. The number of aromatic amines is 1. The van der Waals surface area contributed by atoms with Crippen molar-refractivity contribution in [3.05, 3.63) is 63.5 Å². The molecule has 158 valence electrons. The van der Waals surface area contributed by atoms with E-state index in [1.807, 2.05) is 6.07 Å². The largest absolute Gasteiger partial charge is 0.494 e. The molecule has 2 N–H and O–H groups in total. The first-order valence-electron chi connectivity index (χ1n) is 9.82. The van der Waals surface area contributed by atoms with Gasteiger partial charge in [0.05, 0.1) is 25.8 Å². The van der Waals surface area contributed by atoms with Crippen molar-refractivity contribution in [1.29, 1.82) is 0 Å². The maximum absolute atomic E-state index is 13.8. The van der Waals surface area contributed by atoms with Crippen molar-refractivity contribution < 1.29 is 18.7 Å². The molecule has 30 heavy (non-hydrogen) atoms. The number of fused-ring (bicyclic) bond motifs is 1. The Labute approximate surface area is 172 Å². The van der Waals surface area contributed by atoms with Gasteiger partial charge >= 0.3 is 0 Å². The zero-order chi connectivity index (χ0) is 21.1. The van der Waals surface area contributed by atoms with E-state index in [1.165, 1.54) is 29.8 Å². The zero-order valence-electron chi connectivity index (χ0n) is 16.6. The van der Waals surface area contributed by atoms with Crippen molar-refractivity contribution in [2.24, 2.45) is 0 Å². The summed E-state index contributed by atoms with van der Waals surface area (Å²) < 4.78 is 25.4. The van der Waals surface area contributed by atoms with Crippen LogP contribution in [-0.4, -0.2) is 40.8 Å². The summed E-state index contributed by atoms with van der Waals surface area (Å²) in [6.45, 7) is 1.52. The van der Waals surface area contributed by atoms with Crippen LogP contribution in [0.15, 0.2) is 35.1 Å². The lowest BCUT2D eigenvalue weighted by Gasteiger charge is -2.20. The number of carbonyl (C=O) groups is 1. The molecule has 1 fully saturated rings. The molecular formula is C21H23FN4O4. The van der Waals surface area contributed by atoms with Gasteiger partial charge in [0.2, 0.25) is 5.91 Å². The molecule has 8 nitrogen and oxygen atoms in total. The van der Waals surface area contributed by atoms with E-state index in [0.29, 0.717) is 36.0 Å². The number of rotatable bonds is 6. The van der Waals surface area contributed by atoms with Gasteiger partial charge < -0.3 is 14.8 Å². The van der Waals surface area contributed by atoms with Gasteiger partial charge in [0, 0.05) is 37.0 Å². The van der Waals surface area contributed by atoms with E-state index in [2.05, 4.69) is 15.4 Å². The van der Waals surface area contributed by atoms with Crippen LogP contribution in [0.5, 0.6) is 5.75 Å². The van der Waals surface area contributed by atoms with E-state index in [1.54, 1.807) is 6.07 Å². The number of hydrogen-bond acceptors (Lipinski definition) is 5. The molecule has 9 heteroatoms. The highest BCUT2D eigenvalue weighted by molar-refractivity contribution is 5.78. The normalized spacial score (nSPS) is 14.7. The molecule has 2 aromatic heterocycles. The molecule has 4 rings (SSSR count). The second kappa shape index (κ2) is 8.66. The lowest BCUT2D eigenvalue weighted by molar-refractivity contribution is -0.120. The lowest BCUT2D eigenvalue weighted by atomic mass is 9.97. The van der Waals surface area contributed by atoms with Gasteiger partial charge in [-0.25, -0.2) is 13.9 Å². The van der Waals surface area contributed by atoms with Crippen LogP contribution >= 0.6 is 0 Å². The Kier molecular flexibility index (Phi) is 5.80. The second-order valence-electron chi connectivity index (χ2n) is 7.30. The van der Waals surface area contributed by atoms with Crippen molar-refractivity contribution in [2.45, 2.75) is 31.7 Å². The van der Waals surface area contributed by atoms with Crippen molar-refractivity contribution in [3.8, 4) is 5.75 Å². The average molecular weight is 414 g/mol. The molecule has 1 aliphatic heterocycles. The number of nitrogens with zero attached hydrogens (tertiary/aromatic N) is 2. The van der Waals surface area contributed by atoms with Crippen molar-refractivity contribution in [1.82, 2.24) is 19.9 Å². The lowest BCUT2D eigenvalue weighted by Crippen LogP contribution is -2.26. The van der Waals surface area contributed by atoms with Crippen LogP contribution in [0.2, 0.25) is 0 Å². The average Bonchev–Trinajstić information content (AvgIpc) is 3.18. The first kappa shape index (κ1) is 20.1. The summed E-state index contributed by atoms with van der Waals surface area (Å²) in [6.07, 6.45) is 1.81. The monoisotopic (exact) mass is 414 g/mol. The van der Waals surface area contributed by atoms with Gasteiger partial charge in [-0.3, -0.25) is 14.7 Å². The Morgan fingerprint density at radius 3 is 2.87 bits per heavy atom. The van der Waals surface area contributed by atoms with Gasteiger partial charge in [-0.2, -0.15) is 0 Å². The van der Waals surface area contributed by atoms with E-state index in [-0.39, 0.29) is 30.2 Å². The Bertz CT molecular complexity index is 1120.